The normalized spacial score (nSPS) is 19.1. The zero-order chi connectivity index (χ0) is 13.0. The van der Waals surface area contributed by atoms with Gasteiger partial charge in [0.25, 0.3) is 0 Å². The predicted molar refractivity (Wildman–Crippen MR) is 77.7 cm³/mol. The topological polar surface area (TPSA) is 15.3 Å². The second-order valence-corrected chi connectivity index (χ2v) is 6.10. The summed E-state index contributed by atoms with van der Waals surface area (Å²) in [5, 5.41) is 3.51. The molecule has 2 heteroatoms. The molecule has 1 saturated heterocycles. The van der Waals surface area contributed by atoms with Crippen LogP contribution >= 0.6 is 0 Å². The Bertz CT molecular complexity index is 353. The number of nitrogens with one attached hydrogen (secondary N) is 1. The molecule has 1 aliphatic rings. The molecule has 1 fully saturated rings. The first-order valence-corrected chi connectivity index (χ1v) is 7.08. The van der Waals surface area contributed by atoms with Gasteiger partial charge in [-0.25, -0.2) is 0 Å². The summed E-state index contributed by atoms with van der Waals surface area (Å²) in [7, 11) is 2.07. The van der Waals surface area contributed by atoms with Crippen molar-refractivity contribution in [1.82, 2.24) is 10.2 Å². The van der Waals surface area contributed by atoms with Crippen LogP contribution < -0.4 is 5.32 Å². The third-order valence-electron chi connectivity index (χ3n) is 4.03. The lowest BCUT2D eigenvalue weighted by atomic mass is 9.80. The molecule has 2 nitrogen and oxygen atoms in total. The summed E-state index contributed by atoms with van der Waals surface area (Å²) < 4.78 is 0. The summed E-state index contributed by atoms with van der Waals surface area (Å²) in [4.78, 5) is 2.60. The zero-order valence-electron chi connectivity index (χ0n) is 11.9. The number of nitrogens with zero attached hydrogens (tertiary/aromatic N) is 1. The van der Waals surface area contributed by atoms with Gasteiger partial charge in [0.05, 0.1) is 0 Å². The largest absolute Gasteiger partial charge is 0.313 e. The Hall–Kier alpha value is -0.860. The van der Waals surface area contributed by atoms with Crippen LogP contribution in [0.25, 0.3) is 0 Å². The van der Waals surface area contributed by atoms with Crippen molar-refractivity contribution in [2.45, 2.75) is 32.7 Å². The Morgan fingerprint density at radius 1 is 1.17 bits per heavy atom. The van der Waals surface area contributed by atoms with Crippen LogP contribution in [0.2, 0.25) is 0 Å². The highest BCUT2D eigenvalue weighted by molar-refractivity contribution is 5.21. The van der Waals surface area contributed by atoms with E-state index in [1.165, 1.54) is 38.0 Å². The van der Waals surface area contributed by atoms with Crippen molar-refractivity contribution in [1.29, 1.82) is 0 Å². The van der Waals surface area contributed by atoms with Crippen LogP contribution in [0.5, 0.6) is 0 Å². The number of benzene rings is 1. The van der Waals surface area contributed by atoms with E-state index in [2.05, 4.69) is 61.4 Å². The van der Waals surface area contributed by atoms with Crippen LogP contribution in [-0.2, 0) is 0 Å². The van der Waals surface area contributed by atoms with Crippen LogP contribution in [0.1, 0.15) is 38.3 Å². The summed E-state index contributed by atoms with van der Waals surface area (Å²) >= 11 is 0. The van der Waals surface area contributed by atoms with Gasteiger partial charge < -0.3 is 10.2 Å². The van der Waals surface area contributed by atoms with E-state index in [1.807, 2.05) is 0 Å². The highest BCUT2D eigenvalue weighted by Gasteiger charge is 2.32. The molecular formula is C16H26N2. The molecule has 0 aliphatic carbocycles. The molecule has 1 unspecified atom stereocenters. The fourth-order valence-electron chi connectivity index (χ4n) is 3.26. The standard InChI is InChI=1S/C16H26N2/c1-16(2,13-18-11-7-8-12-18)15(17-3)14-9-5-4-6-10-14/h4-6,9-10,15,17H,7-8,11-13H2,1-3H3. The highest BCUT2D eigenvalue weighted by Crippen LogP contribution is 2.34. The van der Waals surface area contributed by atoms with E-state index < -0.39 is 0 Å². The van der Waals surface area contributed by atoms with Crippen LogP contribution in [0.15, 0.2) is 30.3 Å². The fourth-order valence-corrected chi connectivity index (χ4v) is 3.26. The van der Waals surface area contributed by atoms with Gasteiger partial charge in [-0.3, -0.25) is 0 Å². The first-order valence-electron chi connectivity index (χ1n) is 7.08. The number of hydrogen-bond acceptors (Lipinski definition) is 2. The van der Waals surface area contributed by atoms with E-state index >= 15 is 0 Å². The van der Waals surface area contributed by atoms with Crippen LogP contribution in [0.3, 0.4) is 0 Å². The molecule has 1 aromatic carbocycles. The third kappa shape index (κ3) is 3.12. The zero-order valence-corrected chi connectivity index (χ0v) is 11.9. The van der Waals surface area contributed by atoms with Crippen molar-refractivity contribution in [2.75, 3.05) is 26.7 Å². The molecule has 0 bridgehead atoms. The summed E-state index contributed by atoms with van der Waals surface area (Å²) in [6.07, 6.45) is 2.73. The Balaban J connectivity index is 2.10. The maximum absolute atomic E-state index is 3.51. The molecular weight excluding hydrogens is 220 g/mol. The van der Waals surface area contributed by atoms with Gasteiger partial charge >= 0.3 is 0 Å². The first-order chi connectivity index (χ1) is 8.63. The van der Waals surface area contributed by atoms with Gasteiger partial charge in [0, 0.05) is 12.6 Å². The quantitative estimate of drug-likeness (QED) is 0.859. The molecule has 0 aromatic heterocycles. The van der Waals surface area contributed by atoms with Crippen molar-refractivity contribution < 1.29 is 0 Å². The maximum Gasteiger partial charge on any atom is 0.0381 e. The SMILES string of the molecule is CNC(c1ccccc1)C(C)(C)CN1CCCC1. The second kappa shape index (κ2) is 5.85. The minimum atomic E-state index is 0.250. The van der Waals surface area contributed by atoms with E-state index in [0.29, 0.717) is 6.04 Å². The van der Waals surface area contributed by atoms with Gasteiger partial charge in [0.1, 0.15) is 0 Å². The molecule has 1 atom stereocenters. The minimum Gasteiger partial charge on any atom is -0.313 e. The lowest BCUT2D eigenvalue weighted by Gasteiger charge is -2.37. The molecule has 1 heterocycles. The van der Waals surface area contributed by atoms with Crippen LogP contribution in [-0.4, -0.2) is 31.6 Å². The Morgan fingerprint density at radius 2 is 1.78 bits per heavy atom. The smallest absolute Gasteiger partial charge is 0.0381 e. The molecule has 1 aromatic rings. The molecule has 1 aliphatic heterocycles. The lowest BCUT2D eigenvalue weighted by Crippen LogP contribution is -2.41. The molecule has 0 radical (unpaired) electrons. The van der Waals surface area contributed by atoms with Crippen LogP contribution in [0.4, 0.5) is 0 Å². The number of rotatable bonds is 5. The average Bonchev–Trinajstić information content (AvgIpc) is 2.83. The molecule has 0 amide bonds. The second-order valence-electron chi connectivity index (χ2n) is 6.10. The van der Waals surface area contributed by atoms with Crippen molar-refractivity contribution in [3.8, 4) is 0 Å². The first kappa shape index (κ1) is 13.6. The van der Waals surface area contributed by atoms with Gasteiger partial charge in [0.2, 0.25) is 0 Å². The Kier molecular flexibility index (Phi) is 4.41. The summed E-state index contributed by atoms with van der Waals surface area (Å²) in [6.45, 7) is 8.47. The van der Waals surface area contributed by atoms with Crippen LogP contribution in [0, 0.1) is 5.41 Å². The van der Waals surface area contributed by atoms with Gasteiger partial charge in [0.15, 0.2) is 0 Å². The molecule has 0 spiro atoms. The van der Waals surface area contributed by atoms with Gasteiger partial charge in [-0.15, -0.1) is 0 Å². The molecule has 18 heavy (non-hydrogen) atoms. The predicted octanol–water partition coefficient (Wildman–Crippen LogP) is 3.07. The van der Waals surface area contributed by atoms with Gasteiger partial charge in [-0.1, -0.05) is 44.2 Å². The monoisotopic (exact) mass is 246 g/mol. The van der Waals surface area contributed by atoms with E-state index in [0.717, 1.165) is 0 Å². The van der Waals surface area contributed by atoms with Crippen molar-refractivity contribution in [3.05, 3.63) is 35.9 Å². The lowest BCUT2D eigenvalue weighted by molar-refractivity contribution is 0.161. The fraction of sp³-hybridized carbons (Fsp3) is 0.625. The van der Waals surface area contributed by atoms with E-state index in [-0.39, 0.29) is 5.41 Å². The summed E-state index contributed by atoms with van der Waals surface area (Å²) in [5.41, 5.74) is 1.64. The minimum absolute atomic E-state index is 0.250. The van der Waals surface area contributed by atoms with E-state index in [1.54, 1.807) is 0 Å². The molecule has 2 rings (SSSR count). The molecule has 100 valence electrons. The van der Waals surface area contributed by atoms with Crippen molar-refractivity contribution >= 4 is 0 Å². The van der Waals surface area contributed by atoms with Gasteiger partial charge in [-0.2, -0.15) is 0 Å². The average molecular weight is 246 g/mol. The van der Waals surface area contributed by atoms with E-state index in [4.69, 9.17) is 0 Å². The number of hydrogen-bond donors (Lipinski definition) is 1. The molecule has 1 N–H and O–H groups in total. The Morgan fingerprint density at radius 3 is 2.33 bits per heavy atom. The highest BCUT2D eigenvalue weighted by atomic mass is 15.1. The van der Waals surface area contributed by atoms with Crippen molar-refractivity contribution in [3.63, 3.8) is 0 Å². The Labute approximate surface area is 111 Å². The third-order valence-corrected chi connectivity index (χ3v) is 4.03. The number of likely N-dealkylation sites (tertiary alicyclic amines) is 1. The maximum atomic E-state index is 3.51. The summed E-state index contributed by atoms with van der Waals surface area (Å²) in [6, 6.07) is 11.2. The van der Waals surface area contributed by atoms with E-state index in [9.17, 15) is 0 Å². The molecule has 0 saturated carbocycles. The summed E-state index contributed by atoms with van der Waals surface area (Å²) in [5.74, 6) is 0. The van der Waals surface area contributed by atoms with Crippen molar-refractivity contribution in [2.24, 2.45) is 5.41 Å². The van der Waals surface area contributed by atoms with Gasteiger partial charge in [-0.05, 0) is 44.0 Å².